The number of hydrogen-bond acceptors (Lipinski definition) is 3. The zero-order chi connectivity index (χ0) is 13.9. The molecule has 0 fully saturated rings. The highest BCUT2D eigenvalue weighted by Gasteiger charge is 2.13. The molecule has 6 heteroatoms. The molecule has 18 heavy (non-hydrogen) atoms. The number of nitrogen functional groups attached to an aromatic ring is 1. The molecule has 0 saturated heterocycles. The highest BCUT2D eigenvalue weighted by atomic mass is 32.2. The van der Waals surface area contributed by atoms with Crippen molar-refractivity contribution in [3.8, 4) is 0 Å². The molecule has 0 aromatic heterocycles. The molecule has 0 saturated carbocycles. The quantitative estimate of drug-likeness (QED) is 0.714. The minimum absolute atomic E-state index is 0.255. The van der Waals surface area contributed by atoms with Crippen LogP contribution in [0, 0.1) is 19.8 Å². The molecule has 0 spiro atoms. The van der Waals surface area contributed by atoms with Crippen molar-refractivity contribution in [2.24, 2.45) is 5.92 Å². The molecule has 1 aromatic carbocycles. The van der Waals surface area contributed by atoms with Crippen LogP contribution in [0.4, 0.5) is 11.4 Å². The molecule has 0 amide bonds. The molecule has 5 nitrogen and oxygen atoms in total. The molecule has 0 aliphatic rings. The van der Waals surface area contributed by atoms with Gasteiger partial charge in [0, 0.05) is 12.2 Å². The van der Waals surface area contributed by atoms with Crippen LogP contribution in [-0.4, -0.2) is 15.0 Å². The number of aryl methyl sites for hydroxylation is 1. The summed E-state index contributed by atoms with van der Waals surface area (Å²) in [7, 11) is -3.54. The van der Waals surface area contributed by atoms with E-state index in [9.17, 15) is 8.42 Å². The van der Waals surface area contributed by atoms with Gasteiger partial charge >= 0.3 is 0 Å². The molecule has 1 rings (SSSR count). The van der Waals surface area contributed by atoms with Gasteiger partial charge in [0.2, 0.25) is 0 Å². The molecule has 1 aromatic rings. The van der Waals surface area contributed by atoms with E-state index in [-0.39, 0.29) is 5.92 Å². The second-order valence-electron chi connectivity index (χ2n) is 4.82. The lowest BCUT2D eigenvalue weighted by Crippen LogP contribution is -2.33. The maximum absolute atomic E-state index is 11.8. The number of hydrogen-bond donors (Lipinski definition) is 3. The summed E-state index contributed by atoms with van der Waals surface area (Å²) < 4.78 is 28.6. The summed E-state index contributed by atoms with van der Waals surface area (Å²) in [6.07, 6.45) is 0. The van der Waals surface area contributed by atoms with Crippen molar-refractivity contribution < 1.29 is 8.42 Å². The van der Waals surface area contributed by atoms with Crippen LogP contribution in [0.2, 0.25) is 0 Å². The topological polar surface area (TPSA) is 84.2 Å². The van der Waals surface area contributed by atoms with Crippen LogP contribution in [0.15, 0.2) is 12.1 Å². The molecule has 0 atom stereocenters. The minimum atomic E-state index is -3.54. The van der Waals surface area contributed by atoms with E-state index in [1.54, 1.807) is 19.1 Å². The number of rotatable bonds is 5. The lowest BCUT2D eigenvalue weighted by Gasteiger charge is -2.14. The Morgan fingerprint density at radius 1 is 1.28 bits per heavy atom. The van der Waals surface area contributed by atoms with Gasteiger partial charge in [-0.2, -0.15) is 13.1 Å². The monoisotopic (exact) mass is 271 g/mol. The van der Waals surface area contributed by atoms with Crippen LogP contribution in [0.25, 0.3) is 0 Å². The zero-order valence-corrected chi connectivity index (χ0v) is 12.1. The van der Waals surface area contributed by atoms with Gasteiger partial charge in [0.05, 0.1) is 5.69 Å². The summed E-state index contributed by atoms with van der Waals surface area (Å²) in [6, 6.07) is 3.51. The van der Waals surface area contributed by atoms with Gasteiger partial charge in [-0.05, 0) is 37.0 Å². The van der Waals surface area contributed by atoms with Gasteiger partial charge in [-0.1, -0.05) is 19.9 Å². The van der Waals surface area contributed by atoms with E-state index < -0.39 is 10.2 Å². The van der Waals surface area contributed by atoms with E-state index in [0.717, 1.165) is 11.1 Å². The van der Waals surface area contributed by atoms with Crippen molar-refractivity contribution in [2.75, 3.05) is 17.0 Å². The van der Waals surface area contributed by atoms with Crippen LogP contribution in [0.3, 0.4) is 0 Å². The number of anilines is 2. The lowest BCUT2D eigenvalue weighted by atomic mass is 10.1. The molecule has 0 bridgehead atoms. The van der Waals surface area contributed by atoms with Crippen molar-refractivity contribution in [1.82, 2.24) is 4.72 Å². The first-order chi connectivity index (χ1) is 8.23. The Balaban J connectivity index is 2.88. The fourth-order valence-electron chi connectivity index (χ4n) is 1.43. The molecular formula is C12H21N3O2S. The first-order valence-electron chi connectivity index (χ1n) is 5.86. The van der Waals surface area contributed by atoms with Gasteiger partial charge in [0.1, 0.15) is 0 Å². The Hall–Kier alpha value is -1.27. The molecule has 0 radical (unpaired) electrons. The van der Waals surface area contributed by atoms with Gasteiger partial charge in [-0.25, -0.2) is 0 Å². The zero-order valence-electron chi connectivity index (χ0n) is 11.2. The van der Waals surface area contributed by atoms with E-state index in [1.807, 2.05) is 20.8 Å². The SMILES string of the molecule is Cc1ccc(NS(=O)(=O)NCC(C)C)c(C)c1N. The number of benzene rings is 1. The average Bonchev–Trinajstić information content (AvgIpc) is 2.28. The highest BCUT2D eigenvalue weighted by molar-refractivity contribution is 7.90. The van der Waals surface area contributed by atoms with E-state index in [1.165, 1.54) is 0 Å². The van der Waals surface area contributed by atoms with Crippen molar-refractivity contribution in [1.29, 1.82) is 0 Å². The Kier molecular flexibility index (Phi) is 4.59. The second kappa shape index (κ2) is 5.58. The summed E-state index contributed by atoms with van der Waals surface area (Å²) in [5, 5.41) is 0. The summed E-state index contributed by atoms with van der Waals surface area (Å²) in [4.78, 5) is 0. The Morgan fingerprint density at radius 3 is 2.44 bits per heavy atom. The Bertz CT molecular complexity index is 524. The highest BCUT2D eigenvalue weighted by Crippen LogP contribution is 2.24. The third-order valence-electron chi connectivity index (χ3n) is 2.66. The summed E-state index contributed by atoms with van der Waals surface area (Å²) in [6.45, 7) is 7.96. The van der Waals surface area contributed by atoms with E-state index in [0.29, 0.717) is 17.9 Å². The minimum Gasteiger partial charge on any atom is -0.398 e. The fourth-order valence-corrected chi connectivity index (χ4v) is 2.57. The molecular weight excluding hydrogens is 250 g/mol. The normalized spacial score (nSPS) is 11.8. The average molecular weight is 271 g/mol. The van der Waals surface area contributed by atoms with Crippen LogP contribution < -0.4 is 15.2 Å². The van der Waals surface area contributed by atoms with Crippen LogP contribution >= 0.6 is 0 Å². The molecule has 0 aliphatic heterocycles. The molecule has 0 heterocycles. The third kappa shape index (κ3) is 3.89. The van der Waals surface area contributed by atoms with Crippen LogP contribution in [-0.2, 0) is 10.2 Å². The van der Waals surface area contributed by atoms with Crippen molar-refractivity contribution in [2.45, 2.75) is 27.7 Å². The molecule has 4 N–H and O–H groups in total. The molecule has 0 aliphatic carbocycles. The van der Waals surface area contributed by atoms with Crippen molar-refractivity contribution in [3.63, 3.8) is 0 Å². The predicted octanol–water partition coefficient (Wildman–Crippen LogP) is 1.79. The standard InChI is InChI=1S/C12H21N3O2S/c1-8(2)7-14-18(16,17)15-11-6-5-9(3)12(13)10(11)4/h5-6,8,14-15H,7,13H2,1-4H3. The Morgan fingerprint density at radius 2 is 1.89 bits per heavy atom. The summed E-state index contributed by atoms with van der Waals surface area (Å²) >= 11 is 0. The smallest absolute Gasteiger partial charge is 0.299 e. The Labute approximate surface area is 109 Å². The fraction of sp³-hybridized carbons (Fsp3) is 0.500. The summed E-state index contributed by atoms with van der Waals surface area (Å²) in [5.74, 6) is 0.255. The van der Waals surface area contributed by atoms with Gasteiger partial charge in [0.15, 0.2) is 0 Å². The maximum Gasteiger partial charge on any atom is 0.299 e. The van der Waals surface area contributed by atoms with Crippen molar-refractivity contribution in [3.05, 3.63) is 23.3 Å². The van der Waals surface area contributed by atoms with Gasteiger partial charge in [0.25, 0.3) is 10.2 Å². The second-order valence-corrected chi connectivity index (χ2v) is 6.32. The molecule has 102 valence electrons. The van der Waals surface area contributed by atoms with Crippen LogP contribution in [0.5, 0.6) is 0 Å². The largest absolute Gasteiger partial charge is 0.398 e. The molecule has 0 unspecified atom stereocenters. The third-order valence-corrected chi connectivity index (χ3v) is 3.69. The number of nitrogens with one attached hydrogen (secondary N) is 2. The number of nitrogens with two attached hydrogens (primary N) is 1. The van der Waals surface area contributed by atoms with E-state index in [4.69, 9.17) is 5.73 Å². The van der Waals surface area contributed by atoms with Crippen LogP contribution in [0.1, 0.15) is 25.0 Å². The van der Waals surface area contributed by atoms with Gasteiger partial charge < -0.3 is 5.73 Å². The van der Waals surface area contributed by atoms with E-state index in [2.05, 4.69) is 9.44 Å². The summed E-state index contributed by atoms with van der Waals surface area (Å²) in [5.41, 5.74) is 8.66. The van der Waals surface area contributed by atoms with E-state index >= 15 is 0 Å². The first-order valence-corrected chi connectivity index (χ1v) is 7.34. The van der Waals surface area contributed by atoms with Crippen molar-refractivity contribution >= 4 is 21.6 Å². The maximum atomic E-state index is 11.8. The predicted molar refractivity (Wildman–Crippen MR) is 75.7 cm³/mol. The lowest BCUT2D eigenvalue weighted by molar-refractivity contribution is 0.565. The van der Waals surface area contributed by atoms with Gasteiger partial charge in [-0.15, -0.1) is 0 Å². The first kappa shape index (κ1) is 14.8. The van der Waals surface area contributed by atoms with Gasteiger partial charge in [-0.3, -0.25) is 4.72 Å².